The first-order chi connectivity index (χ1) is 13.0. The molecule has 1 aliphatic heterocycles. The van der Waals surface area contributed by atoms with Gasteiger partial charge < -0.3 is 10.0 Å². The Labute approximate surface area is 156 Å². The number of alkyl halides is 3. The van der Waals surface area contributed by atoms with Crippen molar-refractivity contribution in [3.05, 3.63) is 41.9 Å². The Morgan fingerprint density at radius 2 is 1.89 bits per heavy atom. The summed E-state index contributed by atoms with van der Waals surface area (Å²) in [5.41, 5.74) is -2.91. The molecule has 0 radical (unpaired) electrons. The van der Waals surface area contributed by atoms with Crippen LogP contribution in [0.1, 0.15) is 31.4 Å². The van der Waals surface area contributed by atoms with Gasteiger partial charge in [0.15, 0.2) is 11.6 Å². The lowest BCUT2D eigenvalue weighted by atomic mass is 9.92. The predicted molar refractivity (Wildman–Crippen MR) is 86.5 cm³/mol. The van der Waals surface area contributed by atoms with Crippen molar-refractivity contribution >= 4 is 5.91 Å². The Kier molecular flexibility index (Phi) is 5.13. The third-order valence-corrected chi connectivity index (χ3v) is 4.83. The van der Waals surface area contributed by atoms with E-state index in [0.29, 0.717) is 18.7 Å². The van der Waals surface area contributed by atoms with Crippen molar-refractivity contribution in [3.8, 4) is 5.82 Å². The van der Waals surface area contributed by atoms with Gasteiger partial charge in [-0.25, -0.2) is 18.4 Å². The van der Waals surface area contributed by atoms with Crippen LogP contribution < -0.4 is 0 Å². The molecule has 0 spiro atoms. The second kappa shape index (κ2) is 7.12. The molecule has 152 valence electrons. The van der Waals surface area contributed by atoms with E-state index in [2.05, 4.69) is 10.1 Å². The van der Waals surface area contributed by atoms with E-state index in [0.717, 1.165) is 11.1 Å². The van der Waals surface area contributed by atoms with E-state index in [9.17, 15) is 31.9 Å². The highest BCUT2D eigenvalue weighted by Crippen LogP contribution is 2.35. The minimum absolute atomic E-state index is 0.0137. The number of pyridine rings is 1. The topological polar surface area (TPSA) is 71.2 Å². The Morgan fingerprint density at radius 3 is 2.46 bits per heavy atom. The molecule has 0 unspecified atom stereocenters. The Balaban J connectivity index is 1.75. The largest absolute Gasteiger partial charge is 0.426 e. The average molecular weight is 404 g/mol. The molecule has 1 fully saturated rings. The average Bonchev–Trinajstić information content (AvgIpc) is 3.09. The van der Waals surface area contributed by atoms with E-state index in [-0.39, 0.29) is 37.7 Å². The zero-order valence-electron chi connectivity index (χ0n) is 14.7. The molecule has 0 saturated carbocycles. The first-order valence-corrected chi connectivity index (χ1v) is 8.46. The summed E-state index contributed by atoms with van der Waals surface area (Å²) in [4.78, 5) is 16.7. The molecule has 1 N–H and O–H groups in total. The van der Waals surface area contributed by atoms with Gasteiger partial charge in [0.05, 0.1) is 6.20 Å². The second-order valence-corrected chi connectivity index (χ2v) is 6.76. The fraction of sp³-hybridized carbons (Fsp3) is 0.471. The summed E-state index contributed by atoms with van der Waals surface area (Å²) < 4.78 is 66.9. The highest BCUT2D eigenvalue weighted by atomic mass is 19.4. The molecule has 6 nitrogen and oxygen atoms in total. The molecule has 3 heterocycles. The number of likely N-dealkylation sites (tertiary alicyclic amines) is 1. The first kappa shape index (κ1) is 20.2. The van der Waals surface area contributed by atoms with Crippen LogP contribution in [0, 0.1) is 11.6 Å². The van der Waals surface area contributed by atoms with Gasteiger partial charge in [0, 0.05) is 37.0 Å². The Bertz CT molecular complexity index is 873. The molecule has 2 aromatic rings. The number of piperidine rings is 1. The number of aliphatic hydroxyl groups is 1. The zero-order valence-corrected chi connectivity index (χ0v) is 14.7. The van der Waals surface area contributed by atoms with Crippen LogP contribution in [0.3, 0.4) is 0 Å². The lowest BCUT2D eigenvalue weighted by molar-refractivity contribution is -0.250. The molecule has 11 heteroatoms. The molecule has 1 saturated heterocycles. The van der Waals surface area contributed by atoms with Crippen LogP contribution >= 0.6 is 0 Å². The summed E-state index contributed by atoms with van der Waals surface area (Å²) in [6.45, 7) is 0.403. The molecule has 1 amide bonds. The van der Waals surface area contributed by atoms with Crippen molar-refractivity contribution in [1.82, 2.24) is 19.7 Å². The minimum atomic E-state index is -5.08. The quantitative estimate of drug-likeness (QED) is 0.799. The van der Waals surface area contributed by atoms with Crippen molar-refractivity contribution in [3.63, 3.8) is 0 Å². The van der Waals surface area contributed by atoms with Gasteiger partial charge in [0.25, 0.3) is 5.91 Å². The summed E-state index contributed by atoms with van der Waals surface area (Å²) >= 11 is 0. The number of carbonyl (C=O) groups is 1. The molecule has 3 rings (SSSR count). The fourth-order valence-corrected chi connectivity index (χ4v) is 3.17. The van der Waals surface area contributed by atoms with Crippen molar-refractivity contribution in [1.29, 1.82) is 0 Å². The van der Waals surface area contributed by atoms with E-state index in [4.69, 9.17) is 0 Å². The number of hydrogen-bond acceptors (Lipinski definition) is 4. The SMILES string of the molecule is C[C@@](O)(C(=O)N1CCC(c2ccnn2-c2ncc(F)cc2F)CC1)C(F)(F)F. The van der Waals surface area contributed by atoms with Crippen molar-refractivity contribution in [2.75, 3.05) is 13.1 Å². The highest BCUT2D eigenvalue weighted by molar-refractivity contribution is 5.85. The number of hydrogen-bond donors (Lipinski definition) is 1. The van der Waals surface area contributed by atoms with E-state index in [1.165, 1.54) is 10.9 Å². The molecule has 0 aliphatic carbocycles. The number of carbonyl (C=O) groups excluding carboxylic acids is 1. The number of rotatable bonds is 3. The van der Waals surface area contributed by atoms with Crippen LogP contribution in [0.2, 0.25) is 0 Å². The molecule has 1 atom stereocenters. The summed E-state index contributed by atoms with van der Waals surface area (Å²) in [7, 11) is 0. The van der Waals surface area contributed by atoms with Gasteiger partial charge in [0.1, 0.15) is 5.82 Å². The standard InChI is InChI=1S/C17H17F5N4O2/c1-16(28,17(20,21)22)15(27)25-6-3-10(4-7-25)13-2-5-24-26(13)14-12(19)8-11(18)9-23-14/h2,5,8-10,28H,3-4,6-7H2,1H3/t16-/m1/s1. The highest BCUT2D eigenvalue weighted by Gasteiger charge is 2.57. The number of halogens is 5. The summed E-state index contributed by atoms with van der Waals surface area (Å²) in [6.07, 6.45) is -2.25. The van der Waals surface area contributed by atoms with Crippen LogP contribution in [-0.4, -0.2) is 55.5 Å². The van der Waals surface area contributed by atoms with Gasteiger partial charge in [-0.15, -0.1) is 0 Å². The van der Waals surface area contributed by atoms with Gasteiger partial charge in [-0.05, 0) is 25.8 Å². The van der Waals surface area contributed by atoms with Crippen LogP contribution in [0.15, 0.2) is 24.5 Å². The van der Waals surface area contributed by atoms with Gasteiger partial charge in [-0.2, -0.15) is 18.3 Å². The van der Waals surface area contributed by atoms with E-state index in [1.807, 2.05) is 0 Å². The minimum Gasteiger partial charge on any atom is -0.373 e. The number of nitrogens with zero attached hydrogens (tertiary/aromatic N) is 4. The van der Waals surface area contributed by atoms with Gasteiger partial charge in [-0.3, -0.25) is 4.79 Å². The van der Waals surface area contributed by atoms with Crippen LogP contribution in [0.25, 0.3) is 5.82 Å². The number of aromatic nitrogens is 3. The van der Waals surface area contributed by atoms with Gasteiger partial charge >= 0.3 is 6.18 Å². The smallest absolute Gasteiger partial charge is 0.373 e. The second-order valence-electron chi connectivity index (χ2n) is 6.76. The van der Waals surface area contributed by atoms with E-state index in [1.54, 1.807) is 6.07 Å². The summed E-state index contributed by atoms with van der Waals surface area (Å²) in [6, 6.07) is 2.28. The van der Waals surface area contributed by atoms with Gasteiger partial charge in [-0.1, -0.05) is 0 Å². The fourth-order valence-electron chi connectivity index (χ4n) is 3.17. The lowest BCUT2D eigenvalue weighted by Gasteiger charge is -2.36. The van der Waals surface area contributed by atoms with Crippen LogP contribution in [0.4, 0.5) is 22.0 Å². The number of amides is 1. The van der Waals surface area contributed by atoms with Gasteiger partial charge in [0.2, 0.25) is 5.60 Å². The van der Waals surface area contributed by atoms with Crippen molar-refractivity contribution in [2.24, 2.45) is 0 Å². The monoisotopic (exact) mass is 404 g/mol. The van der Waals surface area contributed by atoms with E-state index >= 15 is 0 Å². The Hall–Kier alpha value is -2.56. The first-order valence-electron chi connectivity index (χ1n) is 8.46. The molecular weight excluding hydrogens is 387 g/mol. The summed E-state index contributed by atoms with van der Waals surface area (Å²) in [5.74, 6) is -3.57. The van der Waals surface area contributed by atoms with E-state index < -0.39 is 29.3 Å². The predicted octanol–water partition coefficient (Wildman–Crippen LogP) is 2.56. The van der Waals surface area contributed by atoms with Crippen LogP contribution in [-0.2, 0) is 4.79 Å². The normalized spacial score (nSPS) is 18.2. The van der Waals surface area contributed by atoms with Crippen molar-refractivity contribution < 1.29 is 31.9 Å². The molecule has 2 aromatic heterocycles. The molecule has 0 bridgehead atoms. The van der Waals surface area contributed by atoms with Crippen molar-refractivity contribution in [2.45, 2.75) is 37.5 Å². The molecule has 1 aliphatic rings. The van der Waals surface area contributed by atoms with Crippen LogP contribution in [0.5, 0.6) is 0 Å². The lowest BCUT2D eigenvalue weighted by Crippen LogP contribution is -2.57. The third-order valence-electron chi connectivity index (χ3n) is 4.83. The molecule has 0 aromatic carbocycles. The maximum atomic E-state index is 14.0. The Morgan fingerprint density at radius 1 is 1.25 bits per heavy atom. The molecular formula is C17H17F5N4O2. The third kappa shape index (κ3) is 3.58. The maximum absolute atomic E-state index is 14.0. The maximum Gasteiger partial charge on any atom is 0.426 e. The molecule has 28 heavy (non-hydrogen) atoms. The zero-order chi connectivity index (χ0) is 20.7. The summed E-state index contributed by atoms with van der Waals surface area (Å²) in [5, 5.41) is 13.6.